The molecule has 2 amide bonds. The van der Waals surface area contributed by atoms with Crippen LogP contribution in [0.3, 0.4) is 0 Å². The van der Waals surface area contributed by atoms with Crippen LogP contribution in [-0.4, -0.2) is 32.3 Å². The monoisotopic (exact) mass is 278 g/mol. The van der Waals surface area contributed by atoms with Crippen molar-refractivity contribution in [3.05, 3.63) is 36.0 Å². The van der Waals surface area contributed by atoms with Crippen molar-refractivity contribution in [2.75, 3.05) is 20.3 Å². The Kier molecular flexibility index (Phi) is 6.67. The second-order valence-corrected chi connectivity index (χ2v) is 3.74. The molecule has 0 heterocycles. The third kappa shape index (κ3) is 5.90. The van der Waals surface area contributed by atoms with Gasteiger partial charge in [-0.2, -0.15) is 0 Å². The molecule has 20 heavy (non-hydrogen) atoms. The molecule has 6 heteroatoms. The average Bonchev–Trinajstić information content (AvgIpc) is 2.46. The van der Waals surface area contributed by atoms with Gasteiger partial charge in [0.05, 0.1) is 13.7 Å². The van der Waals surface area contributed by atoms with Gasteiger partial charge in [-0.15, -0.1) is 0 Å². The molecule has 1 rings (SSSR count). The Morgan fingerprint density at radius 3 is 2.85 bits per heavy atom. The maximum absolute atomic E-state index is 11.4. The predicted molar refractivity (Wildman–Crippen MR) is 75.2 cm³/mol. The van der Waals surface area contributed by atoms with Crippen molar-refractivity contribution in [1.82, 2.24) is 10.6 Å². The highest BCUT2D eigenvalue weighted by Crippen LogP contribution is 2.13. The SMILES string of the molecule is CCOC(=O)CNC(=O)N/C=C/c1cccc(OC)c1. The van der Waals surface area contributed by atoms with Gasteiger partial charge in [0.2, 0.25) is 0 Å². The molecule has 0 bridgehead atoms. The number of hydrogen-bond donors (Lipinski definition) is 2. The van der Waals surface area contributed by atoms with E-state index in [1.165, 1.54) is 6.20 Å². The van der Waals surface area contributed by atoms with Crippen molar-refractivity contribution in [2.45, 2.75) is 6.92 Å². The fourth-order valence-corrected chi connectivity index (χ4v) is 1.37. The van der Waals surface area contributed by atoms with Crippen LogP contribution in [0.5, 0.6) is 5.75 Å². The fourth-order valence-electron chi connectivity index (χ4n) is 1.37. The number of amides is 2. The minimum Gasteiger partial charge on any atom is -0.497 e. The Morgan fingerprint density at radius 1 is 1.35 bits per heavy atom. The van der Waals surface area contributed by atoms with Crippen LogP contribution < -0.4 is 15.4 Å². The lowest BCUT2D eigenvalue weighted by Gasteiger charge is -2.04. The second kappa shape index (κ2) is 8.58. The maximum Gasteiger partial charge on any atom is 0.325 e. The molecule has 0 saturated carbocycles. The van der Waals surface area contributed by atoms with Crippen LogP contribution in [0.1, 0.15) is 12.5 Å². The zero-order valence-electron chi connectivity index (χ0n) is 11.5. The van der Waals surface area contributed by atoms with Crippen molar-refractivity contribution in [3.8, 4) is 5.75 Å². The topological polar surface area (TPSA) is 76.7 Å². The molecule has 0 atom stereocenters. The van der Waals surface area contributed by atoms with Gasteiger partial charge in [0.25, 0.3) is 0 Å². The van der Waals surface area contributed by atoms with E-state index in [0.29, 0.717) is 0 Å². The van der Waals surface area contributed by atoms with Gasteiger partial charge in [0.1, 0.15) is 12.3 Å². The smallest absolute Gasteiger partial charge is 0.325 e. The minimum atomic E-state index is -0.475. The molecular formula is C14H18N2O4. The van der Waals surface area contributed by atoms with Crippen molar-refractivity contribution in [1.29, 1.82) is 0 Å². The number of rotatable bonds is 6. The van der Waals surface area contributed by atoms with E-state index < -0.39 is 12.0 Å². The molecule has 0 aliphatic carbocycles. The summed E-state index contributed by atoms with van der Waals surface area (Å²) in [4.78, 5) is 22.4. The maximum atomic E-state index is 11.4. The number of carbonyl (C=O) groups is 2. The first-order chi connectivity index (χ1) is 9.65. The lowest BCUT2D eigenvalue weighted by molar-refractivity contribution is -0.141. The number of esters is 1. The number of benzene rings is 1. The zero-order valence-corrected chi connectivity index (χ0v) is 11.5. The average molecular weight is 278 g/mol. The number of urea groups is 1. The fraction of sp³-hybridized carbons (Fsp3) is 0.286. The first-order valence-electron chi connectivity index (χ1n) is 6.16. The summed E-state index contributed by atoms with van der Waals surface area (Å²) in [5.74, 6) is 0.262. The van der Waals surface area contributed by atoms with E-state index in [2.05, 4.69) is 15.4 Å². The molecule has 0 aliphatic heterocycles. The lowest BCUT2D eigenvalue weighted by Crippen LogP contribution is -2.36. The molecular weight excluding hydrogens is 260 g/mol. The Labute approximate surface area is 117 Å². The normalized spacial score (nSPS) is 10.1. The van der Waals surface area contributed by atoms with E-state index >= 15 is 0 Å². The van der Waals surface area contributed by atoms with Crippen molar-refractivity contribution < 1.29 is 19.1 Å². The Bertz CT molecular complexity index is 486. The molecule has 6 nitrogen and oxygen atoms in total. The summed E-state index contributed by atoms with van der Waals surface area (Å²) in [6, 6.07) is 6.90. The van der Waals surface area contributed by atoms with Crippen LogP contribution in [-0.2, 0) is 9.53 Å². The highest BCUT2D eigenvalue weighted by Gasteiger charge is 2.03. The van der Waals surface area contributed by atoms with E-state index in [0.717, 1.165) is 11.3 Å². The molecule has 1 aromatic carbocycles. The molecule has 2 N–H and O–H groups in total. The van der Waals surface area contributed by atoms with Crippen LogP contribution in [0, 0.1) is 0 Å². The van der Waals surface area contributed by atoms with E-state index in [4.69, 9.17) is 4.74 Å². The van der Waals surface area contributed by atoms with Crippen molar-refractivity contribution >= 4 is 18.1 Å². The molecule has 0 aliphatic rings. The van der Waals surface area contributed by atoms with Crippen molar-refractivity contribution in [2.24, 2.45) is 0 Å². The summed E-state index contributed by atoms with van der Waals surface area (Å²) in [6.07, 6.45) is 3.20. The van der Waals surface area contributed by atoms with Gasteiger partial charge < -0.3 is 20.1 Å². The van der Waals surface area contributed by atoms with Crippen LogP contribution in [0.25, 0.3) is 6.08 Å². The minimum absolute atomic E-state index is 0.160. The Morgan fingerprint density at radius 2 is 2.15 bits per heavy atom. The summed E-state index contributed by atoms with van der Waals surface area (Å²) < 4.78 is 9.76. The predicted octanol–water partition coefficient (Wildman–Crippen LogP) is 1.53. The third-order valence-corrected chi connectivity index (χ3v) is 2.28. The number of nitrogens with one attached hydrogen (secondary N) is 2. The molecule has 1 aromatic rings. The molecule has 0 fully saturated rings. The molecule has 0 saturated heterocycles. The first-order valence-corrected chi connectivity index (χ1v) is 6.16. The second-order valence-electron chi connectivity index (χ2n) is 3.74. The molecule has 0 unspecified atom stereocenters. The van der Waals surface area contributed by atoms with Gasteiger partial charge >= 0.3 is 12.0 Å². The highest BCUT2D eigenvalue weighted by atomic mass is 16.5. The van der Waals surface area contributed by atoms with Gasteiger partial charge in [-0.25, -0.2) is 4.79 Å². The lowest BCUT2D eigenvalue weighted by atomic mass is 10.2. The Balaban J connectivity index is 2.36. The van der Waals surface area contributed by atoms with Gasteiger partial charge in [0, 0.05) is 6.20 Å². The van der Waals surface area contributed by atoms with Gasteiger partial charge in [-0.1, -0.05) is 12.1 Å². The summed E-state index contributed by atoms with van der Waals surface area (Å²) in [6.45, 7) is 1.83. The highest BCUT2D eigenvalue weighted by molar-refractivity contribution is 5.81. The Hall–Kier alpha value is -2.50. The van der Waals surface area contributed by atoms with Gasteiger partial charge in [0.15, 0.2) is 0 Å². The summed E-state index contributed by atoms with van der Waals surface area (Å²) in [7, 11) is 1.59. The van der Waals surface area contributed by atoms with E-state index in [9.17, 15) is 9.59 Å². The summed E-state index contributed by atoms with van der Waals surface area (Å²) in [5, 5.41) is 4.86. The standard InChI is InChI=1S/C14H18N2O4/c1-3-20-13(17)10-16-14(18)15-8-7-11-5-4-6-12(9-11)19-2/h4-9H,3,10H2,1-2H3,(H2,15,16,18)/b8-7+. The molecule has 108 valence electrons. The molecule has 0 radical (unpaired) electrons. The van der Waals surface area contributed by atoms with Gasteiger partial charge in [-0.3, -0.25) is 4.79 Å². The number of carbonyl (C=O) groups excluding carboxylic acids is 2. The third-order valence-electron chi connectivity index (χ3n) is 2.28. The van der Waals surface area contributed by atoms with E-state index in [1.54, 1.807) is 20.1 Å². The molecule has 0 aromatic heterocycles. The van der Waals surface area contributed by atoms with Crippen molar-refractivity contribution in [3.63, 3.8) is 0 Å². The van der Waals surface area contributed by atoms with Crippen LogP contribution in [0.2, 0.25) is 0 Å². The van der Waals surface area contributed by atoms with Crippen LogP contribution in [0.15, 0.2) is 30.5 Å². The largest absolute Gasteiger partial charge is 0.497 e. The van der Waals surface area contributed by atoms with Crippen LogP contribution in [0.4, 0.5) is 4.79 Å². The number of methoxy groups -OCH3 is 1. The zero-order chi connectivity index (χ0) is 14.8. The number of hydrogen-bond acceptors (Lipinski definition) is 4. The van der Waals surface area contributed by atoms with Crippen LogP contribution >= 0.6 is 0 Å². The van der Waals surface area contributed by atoms with E-state index in [1.807, 2.05) is 24.3 Å². The summed E-state index contributed by atoms with van der Waals surface area (Å²) >= 11 is 0. The number of ether oxygens (including phenoxy) is 2. The quantitative estimate of drug-likeness (QED) is 0.774. The van der Waals surface area contributed by atoms with Gasteiger partial charge in [-0.05, 0) is 30.7 Å². The summed E-state index contributed by atoms with van der Waals surface area (Å²) in [5.41, 5.74) is 0.884. The first kappa shape index (κ1) is 15.6. The van der Waals surface area contributed by atoms with E-state index in [-0.39, 0.29) is 13.2 Å². The molecule has 0 spiro atoms.